The van der Waals surface area contributed by atoms with E-state index in [2.05, 4.69) is 31.9 Å². The maximum atomic E-state index is 12.3. The molecular weight excluding hydrogens is 430 g/mol. The minimum atomic E-state index is -3.74. The largest absolute Gasteiger partial charge is 0.354 e. The lowest BCUT2D eigenvalue weighted by Gasteiger charge is -2.33. The number of benzene rings is 1. The first kappa shape index (κ1) is 23.8. The molecule has 2 N–H and O–H groups in total. The molecule has 1 saturated heterocycles. The zero-order valence-electron chi connectivity index (χ0n) is 18.4. The number of rotatable bonds is 9. The lowest BCUT2D eigenvalue weighted by atomic mass is 10.2. The summed E-state index contributed by atoms with van der Waals surface area (Å²) >= 11 is 0. The summed E-state index contributed by atoms with van der Waals surface area (Å²) in [6.07, 6.45) is 1.76. The molecule has 1 aromatic carbocycles. The van der Waals surface area contributed by atoms with E-state index in [1.807, 2.05) is 12.1 Å². The molecule has 0 radical (unpaired) electrons. The summed E-state index contributed by atoms with van der Waals surface area (Å²) in [6, 6.07) is 9.57. The van der Waals surface area contributed by atoms with Crippen molar-refractivity contribution in [2.24, 2.45) is 0 Å². The highest BCUT2D eigenvalue weighted by atomic mass is 32.2. The molecule has 32 heavy (non-hydrogen) atoms. The maximum Gasteiger partial charge on any atom is 0.240 e. The zero-order valence-corrected chi connectivity index (χ0v) is 19.2. The Morgan fingerprint density at radius 3 is 2.31 bits per heavy atom. The smallest absolute Gasteiger partial charge is 0.240 e. The van der Waals surface area contributed by atoms with Crippen molar-refractivity contribution in [3.05, 3.63) is 53.7 Å². The van der Waals surface area contributed by atoms with Crippen LogP contribution in [0.4, 0.5) is 5.82 Å². The van der Waals surface area contributed by atoms with Gasteiger partial charge in [0, 0.05) is 57.4 Å². The highest BCUT2D eigenvalue weighted by molar-refractivity contribution is 7.89. The molecule has 0 spiro atoms. The second-order valence-electron chi connectivity index (χ2n) is 7.82. The molecule has 9 nitrogen and oxygen atoms in total. The van der Waals surface area contributed by atoms with Crippen molar-refractivity contribution >= 4 is 27.5 Å². The van der Waals surface area contributed by atoms with Crippen LogP contribution in [0.25, 0.3) is 0 Å². The van der Waals surface area contributed by atoms with E-state index in [9.17, 15) is 18.0 Å². The predicted molar refractivity (Wildman–Crippen MR) is 122 cm³/mol. The second-order valence-corrected chi connectivity index (χ2v) is 9.59. The maximum absolute atomic E-state index is 12.3. The number of nitrogens with zero attached hydrogens (tertiary/aromatic N) is 3. The number of aromatic nitrogens is 1. The summed E-state index contributed by atoms with van der Waals surface area (Å²) in [5.74, 6) is 0.532. The topological polar surface area (TPSA) is 112 Å². The fourth-order valence-corrected chi connectivity index (χ4v) is 4.32. The molecule has 0 aliphatic carbocycles. The number of ketones is 1. The Kier molecular flexibility index (Phi) is 7.94. The molecule has 1 aromatic heterocycles. The van der Waals surface area contributed by atoms with Gasteiger partial charge in [0.1, 0.15) is 5.82 Å². The van der Waals surface area contributed by atoms with Crippen LogP contribution in [0.2, 0.25) is 0 Å². The van der Waals surface area contributed by atoms with Gasteiger partial charge in [-0.3, -0.25) is 9.59 Å². The predicted octanol–water partition coefficient (Wildman–Crippen LogP) is 1.02. The van der Waals surface area contributed by atoms with Crippen LogP contribution < -0.4 is 14.9 Å². The van der Waals surface area contributed by atoms with E-state index < -0.39 is 10.0 Å². The van der Waals surface area contributed by atoms with Crippen molar-refractivity contribution in [2.75, 3.05) is 44.7 Å². The van der Waals surface area contributed by atoms with Crippen molar-refractivity contribution in [3.8, 4) is 0 Å². The Morgan fingerprint density at radius 2 is 1.72 bits per heavy atom. The molecule has 1 aliphatic heterocycles. The average Bonchev–Trinajstić information content (AvgIpc) is 2.78. The number of carbonyl (C=O) groups excluding carboxylic acids is 2. The quantitative estimate of drug-likeness (QED) is 0.539. The van der Waals surface area contributed by atoms with Crippen LogP contribution in [-0.4, -0.2) is 69.8 Å². The van der Waals surface area contributed by atoms with Gasteiger partial charge in [0.05, 0.1) is 4.90 Å². The number of Topliss-reactive ketones (excluding diaryl/α,β-unsaturated/α-hetero) is 1. The van der Waals surface area contributed by atoms with Gasteiger partial charge >= 0.3 is 0 Å². The monoisotopic (exact) mass is 459 g/mol. The highest BCUT2D eigenvalue weighted by Crippen LogP contribution is 2.14. The zero-order chi connectivity index (χ0) is 23.1. The first-order valence-electron chi connectivity index (χ1n) is 10.5. The molecule has 1 aliphatic rings. The summed E-state index contributed by atoms with van der Waals surface area (Å²) in [4.78, 5) is 32.5. The van der Waals surface area contributed by atoms with E-state index in [-0.39, 0.29) is 29.6 Å². The lowest BCUT2D eigenvalue weighted by Crippen LogP contribution is -2.44. The number of nitrogens with one attached hydrogen (secondary N) is 2. The van der Waals surface area contributed by atoms with Gasteiger partial charge in [-0.2, -0.15) is 0 Å². The third-order valence-corrected chi connectivity index (χ3v) is 6.82. The third-order valence-electron chi connectivity index (χ3n) is 5.34. The van der Waals surface area contributed by atoms with Crippen LogP contribution in [0.1, 0.15) is 29.3 Å². The van der Waals surface area contributed by atoms with Crippen LogP contribution in [0.15, 0.2) is 47.5 Å². The molecule has 2 heterocycles. The van der Waals surface area contributed by atoms with Crippen LogP contribution in [0, 0.1) is 0 Å². The summed E-state index contributed by atoms with van der Waals surface area (Å²) in [5.41, 5.74) is 1.32. The number of hydrogen-bond acceptors (Lipinski definition) is 7. The number of piperazine rings is 1. The number of carbonyl (C=O) groups is 2. The number of amides is 1. The fourth-order valence-electron chi connectivity index (χ4n) is 3.28. The molecule has 3 rings (SSSR count). The van der Waals surface area contributed by atoms with E-state index in [1.165, 1.54) is 31.2 Å². The number of anilines is 1. The van der Waals surface area contributed by atoms with E-state index in [1.54, 1.807) is 6.20 Å². The van der Waals surface area contributed by atoms with Crippen LogP contribution in [0.5, 0.6) is 0 Å². The van der Waals surface area contributed by atoms with Crippen LogP contribution >= 0.6 is 0 Å². The first-order chi connectivity index (χ1) is 15.2. The number of sulfonamides is 1. The van der Waals surface area contributed by atoms with Gasteiger partial charge in [0.25, 0.3) is 0 Å². The van der Waals surface area contributed by atoms with Crippen molar-refractivity contribution in [1.82, 2.24) is 19.9 Å². The van der Waals surface area contributed by atoms with Gasteiger partial charge in [-0.1, -0.05) is 18.2 Å². The van der Waals surface area contributed by atoms with Crippen LogP contribution in [-0.2, 0) is 21.4 Å². The molecule has 10 heteroatoms. The van der Waals surface area contributed by atoms with Gasteiger partial charge in [0.2, 0.25) is 15.9 Å². The molecule has 172 valence electrons. The highest BCUT2D eigenvalue weighted by Gasteiger charge is 2.16. The van der Waals surface area contributed by atoms with Crippen molar-refractivity contribution in [1.29, 1.82) is 0 Å². The van der Waals surface area contributed by atoms with E-state index in [0.29, 0.717) is 12.1 Å². The van der Waals surface area contributed by atoms with E-state index in [4.69, 9.17) is 0 Å². The molecule has 0 unspecified atom stereocenters. The first-order valence-corrected chi connectivity index (χ1v) is 12.0. The number of pyridine rings is 1. The molecule has 2 aromatic rings. The van der Waals surface area contributed by atoms with Crippen molar-refractivity contribution in [2.45, 2.75) is 24.8 Å². The van der Waals surface area contributed by atoms with Gasteiger partial charge in [-0.25, -0.2) is 18.1 Å². The summed E-state index contributed by atoms with van der Waals surface area (Å²) < 4.78 is 27.0. The Labute approximate surface area is 188 Å². The van der Waals surface area contributed by atoms with Gasteiger partial charge in [-0.05, 0) is 37.7 Å². The molecule has 0 bridgehead atoms. The lowest BCUT2D eigenvalue weighted by molar-refractivity contribution is -0.121. The molecule has 1 fully saturated rings. The normalized spacial score (nSPS) is 14.9. The molecule has 0 atom stereocenters. The Balaban J connectivity index is 1.41. The molecule has 0 saturated carbocycles. The van der Waals surface area contributed by atoms with Crippen molar-refractivity contribution in [3.63, 3.8) is 0 Å². The number of likely N-dealkylation sites (N-methyl/N-ethyl adjacent to an activating group) is 1. The molecular formula is C22H29N5O4S. The number of hydrogen-bond donors (Lipinski definition) is 2. The van der Waals surface area contributed by atoms with Gasteiger partial charge in [0.15, 0.2) is 5.78 Å². The summed E-state index contributed by atoms with van der Waals surface area (Å²) in [7, 11) is -1.64. The van der Waals surface area contributed by atoms with Gasteiger partial charge in [-0.15, -0.1) is 0 Å². The third kappa shape index (κ3) is 6.59. The van der Waals surface area contributed by atoms with Crippen molar-refractivity contribution < 1.29 is 18.0 Å². The summed E-state index contributed by atoms with van der Waals surface area (Å²) in [5, 5.41) is 2.78. The average molecular weight is 460 g/mol. The molecule has 1 amide bonds. The SMILES string of the molecule is CC(=O)c1ccc(S(=O)(=O)NCCC(=O)NCc2ccc(N3CCN(C)CC3)nc2)cc1. The minimum Gasteiger partial charge on any atom is -0.354 e. The second kappa shape index (κ2) is 10.7. The Bertz CT molecular complexity index is 1030. The van der Waals surface area contributed by atoms with E-state index in [0.717, 1.165) is 37.6 Å². The van der Waals surface area contributed by atoms with Gasteiger partial charge < -0.3 is 15.1 Å². The Morgan fingerprint density at radius 1 is 1.03 bits per heavy atom. The summed E-state index contributed by atoms with van der Waals surface area (Å²) in [6.45, 7) is 5.61. The van der Waals surface area contributed by atoms with Crippen LogP contribution in [0.3, 0.4) is 0 Å². The van der Waals surface area contributed by atoms with E-state index >= 15 is 0 Å². The minimum absolute atomic E-state index is 0.0115. The Hall–Kier alpha value is -2.82. The standard InChI is InChI=1S/C22H29N5O4S/c1-17(28)19-4-6-20(7-5-19)32(30,31)25-10-9-22(29)24-16-18-3-8-21(23-15-18)27-13-11-26(2)12-14-27/h3-8,15,25H,9-14,16H2,1-2H3,(H,24,29). The fraction of sp³-hybridized carbons (Fsp3) is 0.409.